The van der Waals surface area contributed by atoms with Crippen molar-refractivity contribution in [2.75, 3.05) is 6.54 Å². The Morgan fingerprint density at radius 3 is 2.79 bits per heavy atom. The van der Waals surface area contributed by atoms with Crippen molar-refractivity contribution in [3.05, 3.63) is 64.4 Å². The lowest BCUT2D eigenvalue weighted by atomic mass is 10.1. The summed E-state index contributed by atoms with van der Waals surface area (Å²) in [6.07, 6.45) is 0.800. The molecule has 0 saturated heterocycles. The maximum Gasteiger partial charge on any atom is 0.269 e. The number of pyridine rings is 1. The Kier molecular flexibility index (Phi) is 4.53. The number of hydrogen-bond donors (Lipinski definition) is 1. The van der Waals surface area contributed by atoms with Gasteiger partial charge >= 0.3 is 0 Å². The highest BCUT2D eigenvalue weighted by Crippen LogP contribution is 2.06. The monoisotopic (exact) mass is 274 g/mol. The van der Waals surface area contributed by atoms with Crippen molar-refractivity contribution < 1.29 is 4.79 Å². The molecule has 1 heterocycles. The summed E-state index contributed by atoms with van der Waals surface area (Å²) in [5.74, 6) is -0.199. The van der Waals surface area contributed by atoms with Gasteiger partial charge in [-0.2, -0.15) is 0 Å². The van der Waals surface area contributed by atoms with Crippen LogP contribution < -0.4 is 5.32 Å². The molecule has 0 spiro atoms. The van der Waals surface area contributed by atoms with Gasteiger partial charge in [0, 0.05) is 6.54 Å². The van der Waals surface area contributed by atoms with E-state index in [1.807, 2.05) is 6.07 Å². The molecular weight excluding hydrogens is 260 g/mol. The van der Waals surface area contributed by atoms with E-state index in [2.05, 4.69) is 35.4 Å². The van der Waals surface area contributed by atoms with Gasteiger partial charge in [-0.15, -0.1) is 0 Å². The molecule has 0 aliphatic rings. The summed E-state index contributed by atoms with van der Waals surface area (Å²) >= 11 is 5.75. The van der Waals surface area contributed by atoms with Gasteiger partial charge in [-0.05, 0) is 31.0 Å². The average Bonchev–Trinajstić information content (AvgIpc) is 2.38. The van der Waals surface area contributed by atoms with Crippen LogP contribution in [0.2, 0.25) is 5.15 Å². The van der Waals surface area contributed by atoms with Crippen molar-refractivity contribution in [2.45, 2.75) is 13.3 Å². The molecule has 1 amide bonds. The average molecular weight is 275 g/mol. The van der Waals surface area contributed by atoms with Crippen LogP contribution in [-0.4, -0.2) is 17.4 Å². The van der Waals surface area contributed by atoms with Gasteiger partial charge < -0.3 is 5.32 Å². The lowest BCUT2D eigenvalue weighted by Gasteiger charge is -2.05. The summed E-state index contributed by atoms with van der Waals surface area (Å²) in [6.45, 7) is 2.63. The largest absolute Gasteiger partial charge is 0.350 e. The van der Waals surface area contributed by atoms with E-state index < -0.39 is 0 Å². The Morgan fingerprint density at radius 1 is 1.26 bits per heavy atom. The molecule has 1 N–H and O–H groups in total. The molecule has 1 aromatic heterocycles. The third-order valence-electron chi connectivity index (χ3n) is 2.73. The Labute approximate surface area is 117 Å². The van der Waals surface area contributed by atoms with Crippen LogP contribution in [0, 0.1) is 6.92 Å². The fourth-order valence-corrected chi connectivity index (χ4v) is 1.98. The number of aryl methyl sites for hydroxylation is 1. The molecule has 0 unspecified atom stereocenters. The Morgan fingerprint density at radius 2 is 2.05 bits per heavy atom. The first-order chi connectivity index (χ1) is 9.15. The van der Waals surface area contributed by atoms with Crippen LogP contribution in [0.4, 0.5) is 0 Å². The zero-order valence-electron chi connectivity index (χ0n) is 10.7. The highest BCUT2D eigenvalue weighted by molar-refractivity contribution is 6.29. The Bertz CT molecular complexity index is 584. The molecule has 1 aromatic carbocycles. The molecule has 2 aromatic rings. The van der Waals surface area contributed by atoms with Crippen LogP contribution in [0.25, 0.3) is 0 Å². The molecule has 19 heavy (non-hydrogen) atoms. The van der Waals surface area contributed by atoms with Crippen molar-refractivity contribution in [1.29, 1.82) is 0 Å². The standard InChI is InChI=1S/C15H15ClN2O/c1-11-4-2-5-12(10-11)8-9-17-15(19)13-6-3-7-14(16)18-13/h2-7,10H,8-9H2,1H3,(H,17,19). The third kappa shape index (κ3) is 4.07. The summed E-state index contributed by atoms with van der Waals surface area (Å²) in [5, 5.41) is 3.16. The van der Waals surface area contributed by atoms with Gasteiger partial charge in [0.25, 0.3) is 5.91 Å². The smallest absolute Gasteiger partial charge is 0.269 e. The summed E-state index contributed by atoms with van der Waals surface area (Å²) in [5.41, 5.74) is 2.77. The zero-order chi connectivity index (χ0) is 13.7. The van der Waals surface area contributed by atoms with E-state index in [1.165, 1.54) is 11.1 Å². The summed E-state index contributed by atoms with van der Waals surface area (Å²) in [4.78, 5) is 15.8. The number of hydrogen-bond acceptors (Lipinski definition) is 2. The number of halogens is 1. The van der Waals surface area contributed by atoms with Crippen LogP contribution in [0.1, 0.15) is 21.6 Å². The van der Waals surface area contributed by atoms with Crippen molar-refractivity contribution in [3.8, 4) is 0 Å². The van der Waals surface area contributed by atoms with E-state index in [9.17, 15) is 4.79 Å². The molecule has 0 radical (unpaired) electrons. The second-order valence-electron chi connectivity index (χ2n) is 4.34. The molecule has 0 aliphatic carbocycles. The van der Waals surface area contributed by atoms with Gasteiger partial charge in [0.15, 0.2) is 0 Å². The number of benzene rings is 1. The first kappa shape index (κ1) is 13.6. The molecule has 98 valence electrons. The maximum atomic E-state index is 11.8. The quantitative estimate of drug-likeness (QED) is 0.871. The third-order valence-corrected chi connectivity index (χ3v) is 2.94. The fourth-order valence-electron chi connectivity index (χ4n) is 1.81. The van der Waals surface area contributed by atoms with E-state index in [4.69, 9.17) is 11.6 Å². The second-order valence-corrected chi connectivity index (χ2v) is 4.73. The van der Waals surface area contributed by atoms with E-state index in [0.29, 0.717) is 17.4 Å². The van der Waals surface area contributed by atoms with Crippen LogP contribution in [-0.2, 0) is 6.42 Å². The lowest BCUT2D eigenvalue weighted by molar-refractivity contribution is 0.0949. The maximum absolute atomic E-state index is 11.8. The van der Waals surface area contributed by atoms with Crippen LogP contribution in [0.15, 0.2) is 42.5 Å². The van der Waals surface area contributed by atoms with Crippen molar-refractivity contribution in [3.63, 3.8) is 0 Å². The van der Waals surface area contributed by atoms with Crippen molar-refractivity contribution >= 4 is 17.5 Å². The molecular formula is C15H15ClN2O. The Balaban J connectivity index is 1.87. The van der Waals surface area contributed by atoms with Crippen LogP contribution in [0.3, 0.4) is 0 Å². The van der Waals surface area contributed by atoms with Gasteiger partial charge in [-0.1, -0.05) is 47.5 Å². The number of nitrogens with zero attached hydrogens (tertiary/aromatic N) is 1. The van der Waals surface area contributed by atoms with Gasteiger partial charge in [0.1, 0.15) is 10.8 Å². The molecule has 0 aliphatic heterocycles. The van der Waals surface area contributed by atoms with Crippen LogP contribution >= 0.6 is 11.6 Å². The molecule has 0 saturated carbocycles. The number of amides is 1. The first-order valence-electron chi connectivity index (χ1n) is 6.11. The number of carbonyl (C=O) groups is 1. The molecule has 0 bridgehead atoms. The molecule has 2 rings (SSSR count). The fraction of sp³-hybridized carbons (Fsp3) is 0.200. The molecule has 0 fully saturated rings. The Hall–Kier alpha value is -1.87. The first-order valence-corrected chi connectivity index (χ1v) is 6.49. The highest BCUT2D eigenvalue weighted by Gasteiger charge is 2.06. The minimum Gasteiger partial charge on any atom is -0.350 e. The summed E-state index contributed by atoms with van der Waals surface area (Å²) < 4.78 is 0. The zero-order valence-corrected chi connectivity index (χ0v) is 11.4. The van der Waals surface area contributed by atoms with E-state index >= 15 is 0 Å². The molecule has 0 atom stereocenters. The minimum atomic E-state index is -0.199. The number of rotatable bonds is 4. The van der Waals surface area contributed by atoms with E-state index in [-0.39, 0.29) is 5.91 Å². The predicted octanol–water partition coefficient (Wildman–Crippen LogP) is 3.02. The number of carbonyl (C=O) groups excluding carboxylic acids is 1. The van der Waals surface area contributed by atoms with Crippen LogP contribution in [0.5, 0.6) is 0 Å². The molecule has 3 nitrogen and oxygen atoms in total. The second kappa shape index (κ2) is 6.34. The van der Waals surface area contributed by atoms with E-state index in [1.54, 1.807) is 18.2 Å². The number of aromatic nitrogens is 1. The normalized spacial score (nSPS) is 10.2. The van der Waals surface area contributed by atoms with Gasteiger partial charge in [-0.3, -0.25) is 4.79 Å². The summed E-state index contributed by atoms with van der Waals surface area (Å²) in [7, 11) is 0. The highest BCUT2D eigenvalue weighted by atomic mass is 35.5. The number of nitrogens with one attached hydrogen (secondary N) is 1. The van der Waals surface area contributed by atoms with Gasteiger partial charge in [0.2, 0.25) is 0 Å². The van der Waals surface area contributed by atoms with Gasteiger partial charge in [-0.25, -0.2) is 4.98 Å². The topological polar surface area (TPSA) is 42.0 Å². The SMILES string of the molecule is Cc1cccc(CCNC(=O)c2cccc(Cl)n2)c1. The lowest BCUT2D eigenvalue weighted by Crippen LogP contribution is -2.26. The summed E-state index contributed by atoms with van der Waals surface area (Å²) in [6, 6.07) is 13.2. The predicted molar refractivity (Wildman–Crippen MR) is 76.5 cm³/mol. The van der Waals surface area contributed by atoms with Gasteiger partial charge in [0.05, 0.1) is 0 Å². The van der Waals surface area contributed by atoms with Crippen molar-refractivity contribution in [2.24, 2.45) is 0 Å². The molecule has 4 heteroatoms. The van der Waals surface area contributed by atoms with Crippen molar-refractivity contribution in [1.82, 2.24) is 10.3 Å². The minimum absolute atomic E-state index is 0.199. The van der Waals surface area contributed by atoms with E-state index in [0.717, 1.165) is 6.42 Å².